The van der Waals surface area contributed by atoms with Crippen molar-refractivity contribution in [1.29, 1.82) is 0 Å². The number of hydrogen-bond acceptors (Lipinski definition) is 0. The van der Waals surface area contributed by atoms with E-state index in [0.717, 1.165) is 17.6 Å². The smallest absolute Gasteiger partial charge is 0.0193 e. The molecule has 0 saturated carbocycles. The van der Waals surface area contributed by atoms with Crippen LogP contribution >= 0.6 is 0 Å². The van der Waals surface area contributed by atoms with Gasteiger partial charge in [0.15, 0.2) is 0 Å². The fraction of sp³-hybridized carbons (Fsp3) is 0.200. The lowest BCUT2D eigenvalue weighted by atomic mass is 10.1. The molecule has 0 fully saturated rings. The summed E-state index contributed by atoms with van der Waals surface area (Å²) in [6.07, 6.45) is 16.9. The van der Waals surface area contributed by atoms with Gasteiger partial charge in [0.25, 0.3) is 0 Å². The SMILES string of the molecule is C=C/C=C(\C=C/CC)C(=C)/C=C\C=C/C. The van der Waals surface area contributed by atoms with Gasteiger partial charge in [0.2, 0.25) is 0 Å². The van der Waals surface area contributed by atoms with E-state index in [0.29, 0.717) is 0 Å². The quantitative estimate of drug-likeness (QED) is 0.543. The average molecular weight is 200 g/mol. The molecule has 0 aromatic heterocycles. The lowest BCUT2D eigenvalue weighted by molar-refractivity contribution is 1.22. The molecule has 0 heteroatoms. The topological polar surface area (TPSA) is 0 Å². The molecule has 0 aromatic carbocycles. The van der Waals surface area contributed by atoms with E-state index in [2.05, 4.69) is 32.2 Å². The van der Waals surface area contributed by atoms with Crippen LogP contribution in [0.2, 0.25) is 0 Å². The van der Waals surface area contributed by atoms with Crippen LogP contribution in [-0.4, -0.2) is 0 Å². The van der Waals surface area contributed by atoms with Crippen molar-refractivity contribution in [2.45, 2.75) is 20.3 Å². The van der Waals surface area contributed by atoms with E-state index in [4.69, 9.17) is 0 Å². The first-order chi connectivity index (χ1) is 7.26. The summed E-state index contributed by atoms with van der Waals surface area (Å²) in [7, 11) is 0. The van der Waals surface area contributed by atoms with E-state index >= 15 is 0 Å². The van der Waals surface area contributed by atoms with Crippen LogP contribution in [0.15, 0.2) is 72.9 Å². The van der Waals surface area contributed by atoms with E-state index in [-0.39, 0.29) is 0 Å². The molecule has 0 N–H and O–H groups in total. The van der Waals surface area contributed by atoms with Gasteiger partial charge in [-0.1, -0.05) is 68.7 Å². The first-order valence-electron chi connectivity index (χ1n) is 5.24. The molecule has 0 rings (SSSR count). The minimum atomic E-state index is 0.998. The lowest BCUT2D eigenvalue weighted by Gasteiger charge is -1.99. The molecule has 0 amide bonds. The van der Waals surface area contributed by atoms with Crippen LogP contribution < -0.4 is 0 Å². The molecule has 15 heavy (non-hydrogen) atoms. The molecular formula is C15H20. The van der Waals surface area contributed by atoms with Crippen LogP contribution in [0.4, 0.5) is 0 Å². The van der Waals surface area contributed by atoms with Crippen molar-refractivity contribution in [3.63, 3.8) is 0 Å². The zero-order valence-electron chi connectivity index (χ0n) is 9.74. The molecular weight excluding hydrogens is 180 g/mol. The molecule has 0 aromatic rings. The second-order valence-corrected chi connectivity index (χ2v) is 3.08. The fourth-order valence-electron chi connectivity index (χ4n) is 1.02. The fourth-order valence-corrected chi connectivity index (χ4v) is 1.02. The van der Waals surface area contributed by atoms with Gasteiger partial charge in [-0.25, -0.2) is 0 Å². The van der Waals surface area contributed by atoms with Crippen molar-refractivity contribution < 1.29 is 0 Å². The Morgan fingerprint density at radius 3 is 2.47 bits per heavy atom. The number of hydrogen-bond donors (Lipinski definition) is 0. The monoisotopic (exact) mass is 200 g/mol. The molecule has 0 bridgehead atoms. The van der Waals surface area contributed by atoms with Gasteiger partial charge in [-0.2, -0.15) is 0 Å². The van der Waals surface area contributed by atoms with Crippen molar-refractivity contribution in [2.75, 3.05) is 0 Å². The van der Waals surface area contributed by atoms with Gasteiger partial charge in [0.05, 0.1) is 0 Å². The maximum atomic E-state index is 4.01. The highest BCUT2D eigenvalue weighted by atomic mass is 14.0. The molecule has 0 saturated heterocycles. The first kappa shape index (κ1) is 13.4. The highest BCUT2D eigenvalue weighted by molar-refractivity contribution is 5.46. The normalized spacial score (nSPS) is 13.1. The van der Waals surface area contributed by atoms with E-state index in [9.17, 15) is 0 Å². The predicted molar refractivity (Wildman–Crippen MR) is 70.8 cm³/mol. The highest BCUT2D eigenvalue weighted by Gasteiger charge is 1.92. The van der Waals surface area contributed by atoms with Crippen LogP contribution in [0, 0.1) is 0 Å². The van der Waals surface area contributed by atoms with Crippen molar-refractivity contribution in [2.24, 2.45) is 0 Å². The van der Waals surface area contributed by atoms with Gasteiger partial charge in [0.1, 0.15) is 0 Å². The Kier molecular flexibility index (Phi) is 8.08. The van der Waals surface area contributed by atoms with Gasteiger partial charge < -0.3 is 0 Å². The molecule has 80 valence electrons. The maximum Gasteiger partial charge on any atom is -0.0193 e. The lowest BCUT2D eigenvalue weighted by Crippen LogP contribution is -1.80. The predicted octanol–water partition coefficient (Wildman–Crippen LogP) is 4.75. The van der Waals surface area contributed by atoms with Gasteiger partial charge in [-0.3, -0.25) is 0 Å². The third-order valence-corrected chi connectivity index (χ3v) is 1.80. The van der Waals surface area contributed by atoms with Crippen molar-refractivity contribution in [3.8, 4) is 0 Å². The van der Waals surface area contributed by atoms with Crippen LogP contribution in [0.1, 0.15) is 20.3 Å². The summed E-state index contributed by atoms with van der Waals surface area (Å²) in [6, 6.07) is 0. The molecule has 0 heterocycles. The van der Waals surface area contributed by atoms with Crippen LogP contribution in [-0.2, 0) is 0 Å². The molecule has 0 nitrogen and oxygen atoms in total. The van der Waals surface area contributed by atoms with E-state index < -0.39 is 0 Å². The molecule has 0 unspecified atom stereocenters. The Hall–Kier alpha value is -1.56. The van der Waals surface area contributed by atoms with Crippen molar-refractivity contribution in [1.82, 2.24) is 0 Å². The Balaban J connectivity index is 4.64. The average Bonchev–Trinajstić information content (AvgIpc) is 2.24. The summed E-state index contributed by atoms with van der Waals surface area (Å²) >= 11 is 0. The zero-order chi connectivity index (χ0) is 11.5. The highest BCUT2D eigenvalue weighted by Crippen LogP contribution is 2.11. The summed E-state index contributed by atoms with van der Waals surface area (Å²) in [5, 5.41) is 0. The molecule has 0 aliphatic carbocycles. The number of rotatable bonds is 6. The maximum absolute atomic E-state index is 4.01. The standard InChI is InChI=1S/C15H20/c1-5-8-10-12-14(4)15(11-7-3)13-9-6-2/h5,7-13H,3-4,6H2,1-2H3/b8-5-,12-10-,13-9-,15-11+. The van der Waals surface area contributed by atoms with Crippen LogP contribution in [0.3, 0.4) is 0 Å². The van der Waals surface area contributed by atoms with E-state index in [1.807, 2.05) is 37.3 Å². The summed E-state index contributed by atoms with van der Waals surface area (Å²) in [6.45, 7) is 11.8. The minimum Gasteiger partial charge on any atom is -0.0990 e. The van der Waals surface area contributed by atoms with Gasteiger partial charge in [0, 0.05) is 0 Å². The van der Waals surface area contributed by atoms with Gasteiger partial charge in [-0.05, 0) is 24.5 Å². The van der Waals surface area contributed by atoms with Crippen molar-refractivity contribution in [3.05, 3.63) is 72.9 Å². The molecule has 0 radical (unpaired) electrons. The summed E-state index contributed by atoms with van der Waals surface area (Å²) in [5.74, 6) is 0. The number of allylic oxidation sites excluding steroid dienone is 10. The summed E-state index contributed by atoms with van der Waals surface area (Å²) in [5.41, 5.74) is 2.10. The molecule has 0 aliphatic rings. The summed E-state index contributed by atoms with van der Waals surface area (Å²) < 4.78 is 0. The Bertz CT molecular complexity index is 309. The van der Waals surface area contributed by atoms with Gasteiger partial charge in [-0.15, -0.1) is 0 Å². The van der Waals surface area contributed by atoms with E-state index in [1.54, 1.807) is 6.08 Å². The largest absolute Gasteiger partial charge is 0.0990 e. The van der Waals surface area contributed by atoms with Crippen LogP contribution in [0.25, 0.3) is 0 Å². The van der Waals surface area contributed by atoms with Crippen molar-refractivity contribution >= 4 is 0 Å². The third-order valence-electron chi connectivity index (χ3n) is 1.80. The van der Waals surface area contributed by atoms with Crippen LogP contribution in [0.5, 0.6) is 0 Å². The Labute approximate surface area is 93.7 Å². The zero-order valence-corrected chi connectivity index (χ0v) is 9.74. The second-order valence-electron chi connectivity index (χ2n) is 3.08. The minimum absolute atomic E-state index is 0.998. The first-order valence-corrected chi connectivity index (χ1v) is 5.24. The molecule has 0 atom stereocenters. The third kappa shape index (κ3) is 6.50. The molecule has 0 aliphatic heterocycles. The molecule has 0 spiro atoms. The Morgan fingerprint density at radius 1 is 1.20 bits per heavy atom. The second kappa shape index (κ2) is 9.01. The van der Waals surface area contributed by atoms with E-state index in [1.165, 1.54) is 0 Å². The Morgan fingerprint density at radius 2 is 1.93 bits per heavy atom. The van der Waals surface area contributed by atoms with Gasteiger partial charge >= 0.3 is 0 Å². The summed E-state index contributed by atoms with van der Waals surface area (Å²) in [4.78, 5) is 0.